The first-order valence-corrected chi connectivity index (χ1v) is 10.4. The molecule has 4 rings (SSSR count). The largest absolute Gasteiger partial charge is 0.311 e. The van der Waals surface area contributed by atoms with E-state index in [1.54, 1.807) is 22.5 Å². The molecule has 1 N–H and O–H groups in total. The first kappa shape index (κ1) is 20.3. The number of halogens is 2. The van der Waals surface area contributed by atoms with E-state index < -0.39 is 5.82 Å². The quantitative estimate of drug-likeness (QED) is 0.581. The molecule has 1 unspecified atom stereocenters. The van der Waals surface area contributed by atoms with Gasteiger partial charge in [0.2, 0.25) is 11.8 Å². The highest BCUT2D eigenvalue weighted by Crippen LogP contribution is 2.33. The van der Waals surface area contributed by atoms with Gasteiger partial charge in [0.05, 0.1) is 23.2 Å². The van der Waals surface area contributed by atoms with Gasteiger partial charge in [-0.2, -0.15) is 0 Å². The molecule has 1 atom stereocenters. The van der Waals surface area contributed by atoms with Crippen LogP contribution in [0.3, 0.4) is 0 Å². The van der Waals surface area contributed by atoms with Crippen molar-refractivity contribution in [1.82, 2.24) is 9.88 Å². The van der Waals surface area contributed by atoms with Gasteiger partial charge in [-0.15, -0.1) is 11.3 Å². The smallest absolute Gasteiger partial charge is 0.228 e. The van der Waals surface area contributed by atoms with Crippen molar-refractivity contribution in [1.29, 1.82) is 0 Å². The van der Waals surface area contributed by atoms with Crippen LogP contribution >= 0.6 is 22.9 Å². The lowest BCUT2D eigenvalue weighted by Gasteiger charge is -2.32. The molecule has 0 spiro atoms. The van der Waals surface area contributed by atoms with E-state index in [4.69, 9.17) is 11.6 Å². The number of thiazole rings is 1. The average molecular weight is 442 g/mol. The molecule has 2 aromatic carbocycles. The Hall–Kier alpha value is -3.03. The molecule has 0 bridgehead atoms. The highest BCUT2D eigenvalue weighted by atomic mass is 35.5. The number of rotatable bonds is 4. The molecule has 1 aromatic heterocycles. The molecule has 2 amide bonds. The van der Waals surface area contributed by atoms with E-state index in [0.29, 0.717) is 16.4 Å². The first-order valence-electron chi connectivity index (χ1n) is 9.19. The van der Waals surface area contributed by atoms with E-state index in [0.717, 1.165) is 11.1 Å². The fourth-order valence-corrected chi connectivity index (χ4v) is 4.29. The highest BCUT2D eigenvalue weighted by Gasteiger charge is 2.28. The summed E-state index contributed by atoms with van der Waals surface area (Å²) in [6, 6.07) is 11.6. The molecular weight excluding hydrogens is 425 g/mol. The second kappa shape index (κ2) is 8.38. The van der Waals surface area contributed by atoms with Gasteiger partial charge in [0.15, 0.2) is 5.13 Å². The van der Waals surface area contributed by atoms with Gasteiger partial charge in [-0.25, -0.2) is 9.37 Å². The average Bonchev–Trinajstić information content (AvgIpc) is 3.18. The molecule has 0 aliphatic carbocycles. The van der Waals surface area contributed by atoms with Gasteiger partial charge in [-0.3, -0.25) is 9.59 Å². The summed E-state index contributed by atoms with van der Waals surface area (Å²) in [7, 11) is 0. The molecule has 0 radical (unpaired) electrons. The molecule has 1 aliphatic rings. The van der Waals surface area contributed by atoms with Gasteiger partial charge < -0.3 is 10.2 Å². The van der Waals surface area contributed by atoms with Crippen molar-refractivity contribution in [3.8, 4) is 11.3 Å². The number of nitrogens with one attached hydrogen (secondary N) is 1. The van der Waals surface area contributed by atoms with E-state index in [9.17, 15) is 14.0 Å². The van der Waals surface area contributed by atoms with E-state index in [2.05, 4.69) is 10.3 Å². The maximum atomic E-state index is 13.4. The lowest BCUT2D eigenvalue weighted by molar-refractivity contribution is -0.129. The summed E-state index contributed by atoms with van der Waals surface area (Å²) in [5.74, 6) is -0.890. The molecular formula is C22H17ClFN3O2S. The lowest BCUT2D eigenvalue weighted by atomic mass is 9.93. The number of carbonyl (C=O) groups excluding carboxylic acids is 2. The van der Waals surface area contributed by atoms with Gasteiger partial charge in [-0.05, 0) is 35.4 Å². The Morgan fingerprint density at radius 3 is 2.83 bits per heavy atom. The van der Waals surface area contributed by atoms with Crippen LogP contribution in [0.15, 0.2) is 54.0 Å². The molecule has 1 aliphatic heterocycles. The van der Waals surface area contributed by atoms with Crippen molar-refractivity contribution in [3.63, 3.8) is 0 Å². The van der Waals surface area contributed by atoms with Gasteiger partial charge in [0, 0.05) is 24.1 Å². The Labute approximate surface area is 181 Å². The molecule has 0 saturated heterocycles. The minimum absolute atomic E-state index is 0.0134. The topological polar surface area (TPSA) is 62.3 Å². The summed E-state index contributed by atoms with van der Waals surface area (Å²) >= 11 is 7.10. The summed E-state index contributed by atoms with van der Waals surface area (Å²) < 4.78 is 13.4. The maximum Gasteiger partial charge on any atom is 0.228 e. The van der Waals surface area contributed by atoms with Crippen LogP contribution in [-0.2, 0) is 9.59 Å². The van der Waals surface area contributed by atoms with Gasteiger partial charge >= 0.3 is 0 Å². The number of anilines is 1. The van der Waals surface area contributed by atoms with Crippen molar-refractivity contribution in [2.45, 2.75) is 19.4 Å². The number of hydrogen-bond acceptors (Lipinski definition) is 4. The summed E-state index contributed by atoms with van der Waals surface area (Å²) in [5, 5.41) is 4.99. The normalized spacial score (nSPS) is 15.0. The van der Waals surface area contributed by atoms with Gasteiger partial charge in [-0.1, -0.05) is 35.9 Å². The number of amides is 2. The van der Waals surface area contributed by atoms with Gasteiger partial charge in [0.1, 0.15) is 5.82 Å². The number of benzene rings is 2. The highest BCUT2D eigenvalue weighted by molar-refractivity contribution is 7.14. The van der Waals surface area contributed by atoms with Crippen LogP contribution < -0.4 is 5.32 Å². The third-order valence-electron chi connectivity index (χ3n) is 4.81. The van der Waals surface area contributed by atoms with E-state index in [1.165, 1.54) is 30.4 Å². The number of carbonyl (C=O) groups is 2. The van der Waals surface area contributed by atoms with Crippen molar-refractivity contribution in [2.75, 3.05) is 5.32 Å². The van der Waals surface area contributed by atoms with Crippen LogP contribution in [0.5, 0.6) is 0 Å². The third kappa shape index (κ3) is 4.13. The second-order valence-electron chi connectivity index (χ2n) is 6.81. The van der Waals surface area contributed by atoms with Crippen molar-refractivity contribution in [3.05, 3.63) is 76.0 Å². The number of fused-ring (bicyclic) bond motifs is 1. The fourth-order valence-electron chi connectivity index (χ4n) is 3.38. The summed E-state index contributed by atoms with van der Waals surface area (Å²) in [6.45, 7) is 1.48. The van der Waals surface area contributed by atoms with Gasteiger partial charge in [0.25, 0.3) is 0 Å². The number of nitrogens with zero attached hydrogens (tertiary/aromatic N) is 2. The number of aromatic nitrogens is 1. The van der Waals surface area contributed by atoms with Crippen LogP contribution in [0, 0.1) is 5.82 Å². The predicted molar refractivity (Wildman–Crippen MR) is 117 cm³/mol. The minimum Gasteiger partial charge on any atom is -0.311 e. The van der Waals surface area contributed by atoms with Crippen molar-refractivity contribution in [2.24, 2.45) is 0 Å². The molecule has 0 fully saturated rings. The summed E-state index contributed by atoms with van der Waals surface area (Å²) in [6.07, 6.45) is 3.67. The Bertz CT molecular complexity index is 1160. The standard InChI is InChI=1S/C22H17ClFN3O2S/c1-13(28)27-9-8-14-4-2-3-5-16(14)20(27)11-21(29)26-22-25-19(12-30-22)15-6-7-18(24)17(23)10-15/h2-10,12,20H,11H2,1H3,(H,25,26,29). The molecule has 0 saturated carbocycles. The van der Waals surface area contributed by atoms with E-state index >= 15 is 0 Å². The first-order chi connectivity index (χ1) is 14.4. The van der Waals surface area contributed by atoms with Crippen molar-refractivity contribution >= 4 is 46.0 Å². The van der Waals surface area contributed by atoms with Crippen molar-refractivity contribution < 1.29 is 14.0 Å². The predicted octanol–water partition coefficient (Wildman–Crippen LogP) is 5.51. The molecule has 30 heavy (non-hydrogen) atoms. The third-order valence-corrected chi connectivity index (χ3v) is 5.86. The Morgan fingerprint density at radius 1 is 1.27 bits per heavy atom. The zero-order valence-electron chi connectivity index (χ0n) is 15.9. The molecule has 5 nitrogen and oxygen atoms in total. The molecule has 152 valence electrons. The van der Waals surface area contributed by atoms with E-state index in [-0.39, 0.29) is 29.3 Å². The zero-order valence-corrected chi connectivity index (χ0v) is 17.5. The van der Waals surface area contributed by atoms with Crippen LogP contribution in [-0.4, -0.2) is 21.7 Å². The molecule has 8 heteroatoms. The van der Waals surface area contributed by atoms with Crippen LogP contribution in [0.4, 0.5) is 9.52 Å². The van der Waals surface area contributed by atoms with Crippen LogP contribution in [0.1, 0.15) is 30.5 Å². The minimum atomic E-state index is -0.499. The van der Waals surface area contributed by atoms with E-state index in [1.807, 2.05) is 30.3 Å². The Balaban J connectivity index is 1.50. The van der Waals surface area contributed by atoms with Crippen LogP contribution in [0.25, 0.3) is 17.3 Å². The second-order valence-corrected chi connectivity index (χ2v) is 8.07. The summed E-state index contributed by atoms with van der Waals surface area (Å²) in [5.41, 5.74) is 3.16. The molecule has 2 heterocycles. The monoisotopic (exact) mass is 441 g/mol. The lowest BCUT2D eigenvalue weighted by Crippen LogP contribution is -2.33. The van der Waals surface area contributed by atoms with Crippen LogP contribution in [0.2, 0.25) is 5.02 Å². The number of hydrogen-bond donors (Lipinski definition) is 1. The zero-order chi connectivity index (χ0) is 21.3. The Morgan fingerprint density at radius 2 is 2.07 bits per heavy atom. The fraction of sp³-hybridized carbons (Fsp3) is 0.136. The Kier molecular flexibility index (Phi) is 5.65. The molecule has 3 aromatic rings. The maximum absolute atomic E-state index is 13.4. The SMILES string of the molecule is CC(=O)N1C=Cc2ccccc2C1CC(=O)Nc1nc(-c2ccc(F)c(Cl)c2)cs1. The summed E-state index contributed by atoms with van der Waals surface area (Å²) in [4.78, 5) is 30.8.